The van der Waals surface area contributed by atoms with Gasteiger partial charge >= 0.3 is 0 Å². The maximum Gasteiger partial charge on any atom is 0.180 e. The molecule has 1 aromatic carbocycles. The van der Waals surface area contributed by atoms with E-state index >= 15 is 0 Å². The van der Waals surface area contributed by atoms with Gasteiger partial charge in [0.05, 0.1) is 18.2 Å². The van der Waals surface area contributed by atoms with Crippen molar-refractivity contribution in [3.63, 3.8) is 0 Å². The van der Waals surface area contributed by atoms with Gasteiger partial charge < -0.3 is 15.2 Å². The van der Waals surface area contributed by atoms with Crippen LogP contribution in [-0.2, 0) is 6.42 Å². The van der Waals surface area contributed by atoms with Crippen molar-refractivity contribution in [2.24, 2.45) is 5.73 Å². The highest BCUT2D eigenvalue weighted by molar-refractivity contribution is 6.32. The van der Waals surface area contributed by atoms with Crippen molar-refractivity contribution < 1.29 is 9.47 Å². The standard InChI is InChI=1S/C14H20ClNO2/c1-17-13-9-10(4-2-3-7-16)8-12(15)14(13)18-11-5-6-11/h8-9,11H,2-7,16H2,1H3. The minimum absolute atomic E-state index is 0.319. The molecule has 1 aromatic rings. The minimum atomic E-state index is 0.319. The Labute approximate surface area is 113 Å². The van der Waals surface area contributed by atoms with Crippen LogP contribution in [0.1, 0.15) is 31.2 Å². The number of unbranched alkanes of at least 4 members (excludes halogenated alkanes) is 1. The van der Waals surface area contributed by atoms with Gasteiger partial charge in [-0.3, -0.25) is 0 Å². The van der Waals surface area contributed by atoms with Crippen LogP contribution in [0, 0.1) is 0 Å². The molecule has 1 fully saturated rings. The quantitative estimate of drug-likeness (QED) is 0.774. The zero-order chi connectivity index (χ0) is 13.0. The zero-order valence-electron chi connectivity index (χ0n) is 10.7. The van der Waals surface area contributed by atoms with E-state index in [-0.39, 0.29) is 0 Å². The largest absolute Gasteiger partial charge is 0.493 e. The number of hydrogen-bond acceptors (Lipinski definition) is 3. The molecule has 0 aliphatic heterocycles. The predicted octanol–water partition coefficient (Wildman–Crippen LogP) is 3.17. The lowest BCUT2D eigenvalue weighted by molar-refractivity contribution is 0.282. The molecule has 2 N–H and O–H groups in total. The summed E-state index contributed by atoms with van der Waals surface area (Å²) in [7, 11) is 1.65. The van der Waals surface area contributed by atoms with Crippen LogP contribution < -0.4 is 15.2 Å². The van der Waals surface area contributed by atoms with Crippen LogP contribution in [0.4, 0.5) is 0 Å². The first kappa shape index (κ1) is 13.5. The van der Waals surface area contributed by atoms with E-state index in [1.54, 1.807) is 7.11 Å². The van der Waals surface area contributed by atoms with Crippen LogP contribution >= 0.6 is 11.6 Å². The second-order valence-electron chi connectivity index (χ2n) is 4.67. The van der Waals surface area contributed by atoms with Gasteiger partial charge in [0.1, 0.15) is 0 Å². The molecule has 0 spiro atoms. The molecular formula is C14H20ClNO2. The molecule has 0 heterocycles. The Morgan fingerprint density at radius 3 is 2.72 bits per heavy atom. The smallest absolute Gasteiger partial charge is 0.180 e. The fourth-order valence-electron chi connectivity index (χ4n) is 1.86. The Hall–Kier alpha value is -0.930. The van der Waals surface area contributed by atoms with Crippen LogP contribution in [0.5, 0.6) is 11.5 Å². The monoisotopic (exact) mass is 269 g/mol. The van der Waals surface area contributed by atoms with Crippen molar-refractivity contribution in [1.82, 2.24) is 0 Å². The summed E-state index contributed by atoms with van der Waals surface area (Å²) in [6.07, 6.45) is 5.60. The first-order valence-electron chi connectivity index (χ1n) is 6.47. The highest BCUT2D eigenvalue weighted by Gasteiger charge is 2.26. The molecule has 1 aliphatic rings. The van der Waals surface area contributed by atoms with Crippen molar-refractivity contribution in [3.8, 4) is 11.5 Å². The summed E-state index contributed by atoms with van der Waals surface area (Å²) in [5.41, 5.74) is 6.67. The summed E-state index contributed by atoms with van der Waals surface area (Å²) in [6.45, 7) is 0.730. The third-order valence-electron chi connectivity index (χ3n) is 3.02. The molecule has 0 bridgehead atoms. The average molecular weight is 270 g/mol. The number of rotatable bonds is 7. The molecule has 100 valence electrons. The Bertz CT molecular complexity index is 405. The molecule has 0 unspecified atom stereocenters. The van der Waals surface area contributed by atoms with Crippen LogP contribution in [0.3, 0.4) is 0 Å². The third kappa shape index (κ3) is 3.53. The summed E-state index contributed by atoms with van der Waals surface area (Å²) >= 11 is 6.27. The number of ether oxygens (including phenoxy) is 2. The van der Waals surface area contributed by atoms with Gasteiger partial charge in [0.2, 0.25) is 0 Å². The van der Waals surface area contributed by atoms with Crippen molar-refractivity contribution in [1.29, 1.82) is 0 Å². The molecular weight excluding hydrogens is 250 g/mol. The molecule has 1 saturated carbocycles. The fourth-order valence-corrected chi connectivity index (χ4v) is 2.14. The van der Waals surface area contributed by atoms with Crippen LogP contribution in [-0.4, -0.2) is 19.8 Å². The Morgan fingerprint density at radius 2 is 2.11 bits per heavy atom. The van der Waals surface area contributed by atoms with Crippen LogP contribution in [0.25, 0.3) is 0 Å². The first-order chi connectivity index (χ1) is 8.74. The third-order valence-corrected chi connectivity index (χ3v) is 3.30. The van der Waals surface area contributed by atoms with Gasteiger partial charge in [0.25, 0.3) is 0 Å². The van der Waals surface area contributed by atoms with Gasteiger partial charge in [-0.15, -0.1) is 0 Å². The van der Waals surface area contributed by atoms with Crippen molar-refractivity contribution in [2.75, 3.05) is 13.7 Å². The maximum absolute atomic E-state index is 6.27. The summed E-state index contributed by atoms with van der Waals surface area (Å²) in [4.78, 5) is 0. The van der Waals surface area contributed by atoms with E-state index in [9.17, 15) is 0 Å². The van der Waals surface area contributed by atoms with Crippen molar-refractivity contribution in [3.05, 3.63) is 22.7 Å². The molecule has 0 radical (unpaired) electrons. The highest BCUT2D eigenvalue weighted by Crippen LogP contribution is 2.40. The van der Waals surface area contributed by atoms with Gasteiger partial charge in [0.15, 0.2) is 11.5 Å². The summed E-state index contributed by atoms with van der Waals surface area (Å²) < 4.78 is 11.1. The van der Waals surface area contributed by atoms with Gasteiger partial charge in [0, 0.05) is 0 Å². The average Bonchev–Trinajstić information content (AvgIpc) is 3.16. The minimum Gasteiger partial charge on any atom is -0.493 e. The Morgan fingerprint density at radius 1 is 1.33 bits per heavy atom. The zero-order valence-corrected chi connectivity index (χ0v) is 11.5. The summed E-state index contributed by atoms with van der Waals surface area (Å²) in [5.74, 6) is 1.42. The number of hydrogen-bond donors (Lipinski definition) is 1. The van der Waals surface area contributed by atoms with Gasteiger partial charge in [-0.05, 0) is 56.3 Å². The van der Waals surface area contributed by atoms with Crippen molar-refractivity contribution in [2.45, 2.75) is 38.2 Å². The number of benzene rings is 1. The van der Waals surface area contributed by atoms with Crippen LogP contribution in [0.15, 0.2) is 12.1 Å². The van der Waals surface area contributed by atoms with E-state index in [0.29, 0.717) is 16.9 Å². The first-order valence-corrected chi connectivity index (χ1v) is 6.85. The number of nitrogens with two attached hydrogens (primary N) is 1. The molecule has 18 heavy (non-hydrogen) atoms. The highest BCUT2D eigenvalue weighted by atomic mass is 35.5. The number of halogens is 1. The number of methoxy groups -OCH3 is 1. The summed E-state index contributed by atoms with van der Waals surface area (Å²) in [5, 5.41) is 0.643. The molecule has 2 rings (SSSR count). The van der Waals surface area contributed by atoms with Gasteiger partial charge in [-0.1, -0.05) is 11.6 Å². The molecule has 3 nitrogen and oxygen atoms in total. The van der Waals surface area contributed by atoms with E-state index < -0.39 is 0 Å². The lowest BCUT2D eigenvalue weighted by Gasteiger charge is -2.13. The second-order valence-corrected chi connectivity index (χ2v) is 5.08. The van der Waals surface area contributed by atoms with E-state index in [2.05, 4.69) is 0 Å². The number of aryl methyl sites for hydroxylation is 1. The normalized spacial score (nSPS) is 14.6. The predicted molar refractivity (Wildman–Crippen MR) is 73.6 cm³/mol. The van der Waals surface area contributed by atoms with E-state index in [0.717, 1.165) is 44.4 Å². The molecule has 0 aromatic heterocycles. The molecule has 4 heteroatoms. The lowest BCUT2D eigenvalue weighted by atomic mass is 10.1. The van der Waals surface area contributed by atoms with E-state index in [1.807, 2.05) is 12.1 Å². The Kier molecular flexibility index (Phi) is 4.72. The fraction of sp³-hybridized carbons (Fsp3) is 0.571. The Balaban J connectivity index is 2.10. The lowest BCUT2D eigenvalue weighted by Crippen LogP contribution is -2.01. The van der Waals surface area contributed by atoms with Gasteiger partial charge in [-0.2, -0.15) is 0 Å². The van der Waals surface area contributed by atoms with Crippen molar-refractivity contribution >= 4 is 11.6 Å². The summed E-state index contributed by atoms with van der Waals surface area (Å²) in [6, 6.07) is 3.98. The molecule has 1 aliphatic carbocycles. The maximum atomic E-state index is 6.27. The molecule has 0 saturated heterocycles. The second kappa shape index (κ2) is 6.30. The van der Waals surface area contributed by atoms with E-state index in [4.69, 9.17) is 26.8 Å². The van der Waals surface area contributed by atoms with E-state index in [1.165, 1.54) is 5.56 Å². The topological polar surface area (TPSA) is 44.5 Å². The molecule has 0 atom stereocenters. The van der Waals surface area contributed by atoms with Gasteiger partial charge in [-0.25, -0.2) is 0 Å². The van der Waals surface area contributed by atoms with Crippen LogP contribution in [0.2, 0.25) is 5.02 Å². The SMILES string of the molecule is COc1cc(CCCCN)cc(Cl)c1OC1CC1. The molecule has 0 amide bonds.